The number of nitrogens with two attached hydrogens (primary N) is 2. The number of aromatic nitrogens is 3. The average Bonchev–Trinajstić information content (AvgIpc) is 2.51. The molecule has 1 aromatic heterocycles. The Morgan fingerprint density at radius 2 is 2.42 bits per heavy atom. The van der Waals surface area contributed by atoms with Gasteiger partial charge in [-0.1, -0.05) is 0 Å². The third kappa shape index (κ3) is 1.94. The maximum Gasteiger partial charge on any atom is 0.308 e. The van der Waals surface area contributed by atoms with Crippen molar-refractivity contribution in [2.24, 2.45) is 16.6 Å². The van der Waals surface area contributed by atoms with E-state index in [-0.39, 0.29) is 11.8 Å². The zero-order chi connectivity index (χ0) is 8.97. The summed E-state index contributed by atoms with van der Waals surface area (Å²) in [4.78, 5) is 14.5. The summed E-state index contributed by atoms with van der Waals surface area (Å²) in [7, 11) is 0. The van der Waals surface area contributed by atoms with Gasteiger partial charge >= 0.3 is 5.91 Å². The van der Waals surface area contributed by atoms with Crippen LogP contribution >= 0.6 is 0 Å². The fourth-order valence-electron chi connectivity index (χ4n) is 0.483. The summed E-state index contributed by atoms with van der Waals surface area (Å²) in [6, 6.07) is 0. The normalized spacial score (nSPS) is 9.00. The van der Waals surface area contributed by atoms with Crippen LogP contribution in [0.5, 0.6) is 0 Å². The van der Waals surface area contributed by atoms with Gasteiger partial charge in [0.25, 0.3) is 0 Å². The predicted octanol–water partition coefficient (Wildman–Crippen LogP) is -2.28. The van der Waals surface area contributed by atoms with Crippen molar-refractivity contribution < 1.29 is 4.79 Å². The number of carbonyl (C=O) groups is 1. The Balaban J connectivity index is 2.57. The lowest BCUT2D eigenvalue weighted by molar-refractivity contribution is 0.0944. The van der Waals surface area contributed by atoms with Gasteiger partial charge in [-0.05, 0) is 0 Å². The largest absolute Gasteiger partial charge is 0.369 e. The standard InChI is InChI=1S/C4H7N7O/c5-4(6)11-10-3(12)2-7-1-8-9-2/h1H,(H,10,12)(H4,5,6,11)(H,7,8,9). The molecule has 0 aliphatic heterocycles. The molecule has 0 aliphatic carbocycles. The van der Waals surface area contributed by atoms with Crippen LogP contribution < -0.4 is 16.9 Å². The van der Waals surface area contributed by atoms with Crippen molar-refractivity contribution in [2.75, 3.05) is 0 Å². The highest BCUT2D eigenvalue weighted by atomic mass is 16.2. The van der Waals surface area contributed by atoms with Crippen LogP contribution in [0.25, 0.3) is 0 Å². The molecule has 0 bridgehead atoms. The minimum Gasteiger partial charge on any atom is -0.369 e. The number of H-pyrrole nitrogens is 1. The van der Waals surface area contributed by atoms with Crippen LogP contribution in [0, 0.1) is 0 Å². The van der Waals surface area contributed by atoms with E-state index in [1.165, 1.54) is 6.33 Å². The smallest absolute Gasteiger partial charge is 0.308 e. The van der Waals surface area contributed by atoms with Gasteiger partial charge in [-0.2, -0.15) is 5.10 Å². The van der Waals surface area contributed by atoms with Gasteiger partial charge in [0.15, 0.2) is 0 Å². The number of rotatable bonds is 2. The highest BCUT2D eigenvalue weighted by Gasteiger charge is 2.05. The van der Waals surface area contributed by atoms with E-state index in [9.17, 15) is 4.79 Å². The minimum atomic E-state index is -0.555. The Hall–Kier alpha value is -2.12. The highest BCUT2D eigenvalue weighted by molar-refractivity contribution is 5.91. The average molecular weight is 169 g/mol. The van der Waals surface area contributed by atoms with Gasteiger partial charge in [-0.3, -0.25) is 9.89 Å². The summed E-state index contributed by atoms with van der Waals surface area (Å²) >= 11 is 0. The number of hydrogen-bond donors (Lipinski definition) is 4. The Labute approximate surface area is 67.0 Å². The SMILES string of the molecule is NC(N)=NNC(=O)c1ncn[nH]1. The van der Waals surface area contributed by atoms with E-state index in [2.05, 4.69) is 20.3 Å². The molecule has 0 saturated heterocycles. The van der Waals surface area contributed by atoms with E-state index in [0.717, 1.165) is 0 Å². The van der Waals surface area contributed by atoms with E-state index in [1.807, 2.05) is 5.43 Å². The van der Waals surface area contributed by atoms with Gasteiger partial charge in [-0.25, -0.2) is 10.4 Å². The summed E-state index contributed by atoms with van der Waals surface area (Å²) in [6.07, 6.45) is 1.20. The monoisotopic (exact) mass is 169 g/mol. The van der Waals surface area contributed by atoms with Crippen molar-refractivity contribution in [3.05, 3.63) is 12.2 Å². The first-order chi connectivity index (χ1) is 5.70. The molecule has 64 valence electrons. The van der Waals surface area contributed by atoms with Gasteiger partial charge in [0.05, 0.1) is 0 Å². The molecule has 1 rings (SSSR count). The van der Waals surface area contributed by atoms with Gasteiger partial charge in [-0.15, -0.1) is 5.10 Å². The van der Waals surface area contributed by atoms with E-state index < -0.39 is 5.91 Å². The van der Waals surface area contributed by atoms with Crippen LogP contribution in [0.4, 0.5) is 0 Å². The van der Waals surface area contributed by atoms with Crippen LogP contribution in [0.15, 0.2) is 11.4 Å². The van der Waals surface area contributed by atoms with E-state index in [1.54, 1.807) is 0 Å². The van der Waals surface area contributed by atoms with Gasteiger partial charge in [0.2, 0.25) is 11.8 Å². The Kier molecular flexibility index (Phi) is 2.21. The number of aromatic amines is 1. The zero-order valence-electron chi connectivity index (χ0n) is 5.98. The van der Waals surface area contributed by atoms with Crippen LogP contribution in [0.1, 0.15) is 10.6 Å². The van der Waals surface area contributed by atoms with Crippen LogP contribution in [0.3, 0.4) is 0 Å². The lowest BCUT2D eigenvalue weighted by Crippen LogP contribution is -2.29. The Morgan fingerprint density at radius 1 is 1.67 bits per heavy atom. The number of nitrogens with zero attached hydrogens (tertiary/aromatic N) is 3. The van der Waals surface area contributed by atoms with Crippen molar-refractivity contribution in [2.45, 2.75) is 0 Å². The molecule has 0 spiro atoms. The van der Waals surface area contributed by atoms with Crippen molar-refractivity contribution in [1.82, 2.24) is 20.6 Å². The van der Waals surface area contributed by atoms with Gasteiger partial charge in [0.1, 0.15) is 6.33 Å². The van der Waals surface area contributed by atoms with Crippen molar-refractivity contribution in [3.63, 3.8) is 0 Å². The first kappa shape index (κ1) is 7.98. The maximum atomic E-state index is 10.9. The molecule has 1 aromatic rings. The van der Waals surface area contributed by atoms with Crippen LogP contribution in [0.2, 0.25) is 0 Å². The molecular formula is C4H7N7O. The van der Waals surface area contributed by atoms with E-state index in [4.69, 9.17) is 11.5 Å². The number of carbonyl (C=O) groups excluding carboxylic acids is 1. The van der Waals surface area contributed by atoms with Crippen molar-refractivity contribution in [1.29, 1.82) is 0 Å². The number of hydrazone groups is 1. The summed E-state index contributed by atoms with van der Waals surface area (Å²) in [5, 5.41) is 9.06. The molecule has 0 aromatic carbocycles. The third-order valence-electron chi connectivity index (χ3n) is 0.917. The molecule has 1 amide bonds. The first-order valence-corrected chi connectivity index (χ1v) is 2.94. The molecular weight excluding hydrogens is 162 g/mol. The number of guanidine groups is 1. The highest BCUT2D eigenvalue weighted by Crippen LogP contribution is 1.83. The predicted molar refractivity (Wildman–Crippen MR) is 39.7 cm³/mol. The Bertz CT molecular complexity index is 284. The van der Waals surface area contributed by atoms with Gasteiger partial charge in [0, 0.05) is 0 Å². The molecule has 0 aliphatic rings. The van der Waals surface area contributed by atoms with Crippen LogP contribution in [-0.4, -0.2) is 27.0 Å². The van der Waals surface area contributed by atoms with Gasteiger partial charge < -0.3 is 11.5 Å². The Morgan fingerprint density at radius 3 is 2.92 bits per heavy atom. The quantitative estimate of drug-likeness (QED) is 0.225. The second-order valence-corrected chi connectivity index (χ2v) is 1.81. The first-order valence-electron chi connectivity index (χ1n) is 2.94. The summed E-state index contributed by atoms with van der Waals surface area (Å²) in [5.74, 6) is -0.747. The summed E-state index contributed by atoms with van der Waals surface area (Å²) in [5.41, 5.74) is 12.0. The summed E-state index contributed by atoms with van der Waals surface area (Å²) in [6.45, 7) is 0. The number of hydrogen-bond acceptors (Lipinski definition) is 4. The molecule has 0 saturated carbocycles. The van der Waals surface area contributed by atoms with Crippen molar-refractivity contribution >= 4 is 11.9 Å². The topological polar surface area (TPSA) is 135 Å². The lowest BCUT2D eigenvalue weighted by atomic mass is 10.6. The molecule has 0 unspecified atom stereocenters. The second kappa shape index (κ2) is 3.32. The van der Waals surface area contributed by atoms with E-state index in [0.29, 0.717) is 0 Å². The zero-order valence-corrected chi connectivity index (χ0v) is 5.98. The summed E-state index contributed by atoms with van der Waals surface area (Å²) < 4.78 is 0. The molecule has 0 radical (unpaired) electrons. The molecule has 0 fully saturated rings. The fourth-order valence-corrected chi connectivity index (χ4v) is 0.483. The minimum absolute atomic E-state index is 0.0417. The fraction of sp³-hybridized carbons (Fsp3) is 0. The number of nitrogens with one attached hydrogen (secondary N) is 2. The molecule has 12 heavy (non-hydrogen) atoms. The molecule has 8 heteroatoms. The lowest BCUT2D eigenvalue weighted by Gasteiger charge is -1.93. The molecule has 8 nitrogen and oxygen atoms in total. The molecule has 0 atom stereocenters. The van der Waals surface area contributed by atoms with Crippen molar-refractivity contribution in [3.8, 4) is 0 Å². The number of amides is 1. The maximum absolute atomic E-state index is 10.9. The molecule has 6 N–H and O–H groups in total. The second-order valence-electron chi connectivity index (χ2n) is 1.81. The van der Waals surface area contributed by atoms with E-state index >= 15 is 0 Å². The third-order valence-corrected chi connectivity index (χ3v) is 0.917. The molecule has 1 heterocycles. The van der Waals surface area contributed by atoms with Crippen LogP contribution in [-0.2, 0) is 0 Å².